The number of aromatic nitrogens is 2. The van der Waals surface area contributed by atoms with Crippen LogP contribution in [0.3, 0.4) is 0 Å². The van der Waals surface area contributed by atoms with Crippen molar-refractivity contribution >= 4 is 28.8 Å². The molecule has 6 nitrogen and oxygen atoms in total. The lowest BCUT2D eigenvalue weighted by Crippen LogP contribution is -2.35. The van der Waals surface area contributed by atoms with Gasteiger partial charge in [-0.3, -0.25) is 14.9 Å². The smallest absolute Gasteiger partial charge is 0.232 e. The van der Waals surface area contributed by atoms with Gasteiger partial charge in [0.2, 0.25) is 17.8 Å². The lowest BCUT2D eigenvalue weighted by atomic mass is 10.1. The van der Waals surface area contributed by atoms with Crippen molar-refractivity contribution in [2.45, 2.75) is 39.2 Å². The van der Waals surface area contributed by atoms with Gasteiger partial charge in [0, 0.05) is 19.0 Å². The summed E-state index contributed by atoms with van der Waals surface area (Å²) in [6, 6.07) is 7.79. The van der Waals surface area contributed by atoms with Gasteiger partial charge in [0.25, 0.3) is 0 Å². The minimum absolute atomic E-state index is 0.0655. The lowest BCUT2D eigenvalue weighted by molar-refractivity contribution is -0.129. The molecule has 0 spiro atoms. The summed E-state index contributed by atoms with van der Waals surface area (Å²) < 4.78 is 0. The number of H-pyrrole nitrogens is 1. The van der Waals surface area contributed by atoms with E-state index in [0.29, 0.717) is 12.5 Å². The monoisotopic (exact) mass is 314 g/mol. The van der Waals surface area contributed by atoms with E-state index in [1.54, 1.807) is 0 Å². The molecule has 0 saturated carbocycles. The topological polar surface area (TPSA) is 78.1 Å². The van der Waals surface area contributed by atoms with Crippen LogP contribution in [0.25, 0.3) is 11.0 Å². The van der Waals surface area contributed by atoms with Crippen LogP contribution in [0.2, 0.25) is 0 Å². The standard InChI is InChI=1S/C17H22N4O2/c1-3-6-11(2)21-10-12(9-15(21)22)16(23)20-17-18-13-7-4-5-8-14(13)19-17/h4-5,7-8,11-12H,3,6,9-10H2,1-2H3,(H2,18,19,20,23)/t11-,12-/m0/s1. The van der Waals surface area contributed by atoms with Crippen molar-refractivity contribution in [1.29, 1.82) is 0 Å². The van der Waals surface area contributed by atoms with Crippen LogP contribution in [0.5, 0.6) is 0 Å². The molecule has 1 aromatic carbocycles. The normalized spacial score (nSPS) is 19.3. The number of benzene rings is 1. The van der Waals surface area contributed by atoms with Crippen LogP contribution in [-0.4, -0.2) is 39.3 Å². The number of amides is 2. The molecule has 6 heteroatoms. The minimum atomic E-state index is -0.310. The highest BCUT2D eigenvalue weighted by molar-refractivity contribution is 5.97. The number of carbonyl (C=O) groups is 2. The molecule has 1 aromatic heterocycles. The molecule has 2 aromatic rings. The van der Waals surface area contributed by atoms with E-state index in [0.717, 1.165) is 23.9 Å². The number of para-hydroxylation sites is 2. The van der Waals surface area contributed by atoms with Gasteiger partial charge in [-0.25, -0.2) is 4.98 Å². The van der Waals surface area contributed by atoms with Gasteiger partial charge in [-0.2, -0.15) is 0 Å². The molecule has 0 bridgehead atoms. The first-order valence-corrected chi connectivity index (χ1v) is 8.13. The van der Waals surface area contributed by atoms with E-state index in [1.165, 1.54) is 0 Å². The van der Waals surface area contributed by atoms with E-state index < -0.39 is 0 Å². The lowest BCUT2D eigenvalue weighted by Gasteiger charge is -2.24. The summed E-state index contributed by atoms with van der Waals surface area (Å²) in [5, 5.41) is 2.80. The van der Waals surface area contributed by atoms with Gasteiger partial charge < -0.3 is 9.88 Å². The van der Waals surface area contributed by atoms with E-state index >= 15 is 0 Å². The zero-order chi connectivity index (χ0) is 16.4. The van der Waals surface area contributed by atoms with Crippen molar-refractivity contribution in [2.24, 2.45) is 5.92 Å². The van der Waals surface area contributed by atoms with Crippen molar-refractivity contribution in [3.05, 3.63) is 24.3 Å². The first-order valence-electron chi connectivity index (χ1n) is 8.13. The molecular weight excluding hydrogens is 292 g/mol. The summed E-state index contributed by atoms with van der Waals surface area (Å²) in [6.07, 6.45) is 2.27. The fourth-order valence-corrected chi connectivity index (χ4v) is 3.14. The van der Waals surface area contributed by atoms with Crippen LogP contribution in [0.1, 0.15) is 33.1 Å². The van der Waals surface area contributed by atoms with E-state index in [-0.39, 0.29) is 30.2 Å². The first kappa shape index (κ1) is 15.5. The Balaban J connectivity index is 1.65. The van der Waals surface area contributed by atoms with Gasteiger partial charge in [0.1, 0.15) is 0 Å². The summed E-state index contributed by atoms with van der Waals surface area (Å²) in [4.78, 5) is 33.8. The van der Waals surface area contributed by atoms with Crippen LogP contribution < -0.4 is 5.32 Å². The Bertz CT molecular complexity index is 691. The van der Waals surface area contributed by atoms with Gasteiger partial charge in [-0.1, -0.05) is 25.5 Å². The maximum absolute atomic E-state index is 12.4. The van der Waals surface area contributed by atoms with Crippen LogP contribution >= 0.6 is 0 Å². The number of hydrogen-bond acceptors (Lipinski definition) is 3. The molecule has 2 N–H and O–H groups in total. The van der Waals surface area contributed by atoms with Crippen molar-refractivity contribution in [1.82, 2.24) is 14.9 Å². The molecule has 1 aliphatic heterocycles. The third-order valence-electron chi connectivity index (χ3n) is 4.40. The van der Waals surface area contributed by atoms with Crippen LogP contribution in [-0.2, 0) is 9.59 Å². The Morgan fingerprint density at radius 1 is 1.48 bits per heavy atom. The number of nitrogens with zero attached hydrogens (tertiary/aromatic N) is 2. The molecule has 122 valence electrons. The third kappa shape index (κ3) is 3.21. The van der Waals surface area contributed by atoms with Crippen molar-refractivity contribution in [3.8, 4) is 0 Å². The summed E-state index contributed by atoms with van der Waals surface area (Å²) >= 11 is 0. The van der Waals surface area contributed by atoms with Crippen molar-refractivity contribution in [3.63, 3.8) is 0 Å². The average molecular weight is 314 g/mol. The molecule has 1 fully saturated rings. The highest BCUT2D eigenvalue weighted by atomic mass is 16.2. The number of carbonyl (C=O) groups excluding carboxylic acids is 2. The minimum Gasteiger partial charge on any atom is -0.339 e. The highest BCUT2D eigenvalue weighted by Gasteiger charge is 2.36. The Kier molecular flexibility index (Phi) is 4.32. The van der Waals surface area contributed by atoms with Crippen LogP contribution in [0.15, 0.2) is 24.3 Å². The largest absolute Gasteiger partial charge is 0.339 e. The van der Waals surface area contributed by atoms with Crippen molar-refractivity contribution < 1.29 is 9.59 Å². The van der Waals surface area contributed by atoms with Crippen LogP contribution in [0, 0.1) is 5.92 Å². The van der Waals surface area contributed by atoms with E-state index in [4.69, 9.17) is 0 Å². The second-order valence-corrected chi connectivity index (χ2v) is 6.18. The maximum atomic E-state index is 12.4. The maximum Gasteiger partial charge on any atom is 0.232 e. The van der Waals surface area contributed by atoms with Gasteiger partial charge >= 0.3 is 0 Å². The number of imidazole rings is 1. The number of anilines is 1. The van der Waals surface area contributed by atoms with E-state index in [2.05, 4.69) is 22.2 Å². The third-order valence-corrected chi connectivity index (χ3v) is 4.40. The van der Waals surface area contributed by atoms with Gasteiger partial charge in [0.15, 0.2) is 0 Å². The molecule has 23 heavy (non-hydrogen) atoms. The number of fused-ring (bicyclic) bond motifs is 1. The Hall–Kier alpha value is -2.37. The highest BCUT2D eigenvalue weighted by Crippen LogP contribution is 2.23. The first-order chi connectivity index (χ1) is 11.1. The number of nitrogens with one attached hydrogen (secondary N) is 2. The second-order valence-electron chi connectivity index (χ2n) is 6.18. The Morgan fingerprint density at radius 2 is 2.26 bits per heavy atom. The zero-order valence-electron chi connectivity index (χ0n) is 13.5. The summed E-state index contributed by atoms with van der Waals surface area (Å²) in [5.41, 5.74) is 1.69. The molecular formula is C17H22N4O2. The van der Waals surface area contributed by atoms with Gasteiger partial charge in [-0.15, -0.1) is 0 Å². The molecule has 0 radical (unpaired) electrons. The predicted molar refractivity (Wildman–Crippen MR) is 88.9 cm³/mol. The summed E-state index contributed by atoms with van der Waals surface area (Å²) in [5.74, 6) is 0.0398. The van der Waals surface area contributed by atoms with E-state index in [9.17, 15) is 9.59 Å². The fraction of sp³-hybridized carbons (Fsp3) is 0.471. The second kappa shape index (κ2) is 6.40. The predicted octanol–water partition coefficient (Wildman–Crippen LogP) is 2.54. The SMILES string of the molecule is CCC[C@H](C)N1C[C@@H](C(=O)Nc2nc3ccccc3[nH]2)CC1=O. The molecule has 2 amide bonds. The summed E-state index contributed by atoms with van der Waals surface area (Å²) in [7, 11) is 0. The molecule has 1 aliphatic rings. The van der Waals surface area contributed by atoms with Crippen molar-refractivity contribution in [2.75, 3.05) is 11.9 Å². The number of hydrogen-bond donors (Lipinski definition) is 2. The number of rotatable bonds is 5. The molecule has 0 aliphatic carbocycles. The van der Waals surface area contributed by atoms with Crippen LogP contribution in [0.4, 0.5) is 5.95 Å². The summed E-state index contributed by atoms with van der Waals surface area (Å²) in [6.45, 7) is 4.63. The fourth-order valence-electron chi connectivity index (χ4n) is 3.14. The van der Waals surface area contributed by atoms with E-state index in [1.807, 2.05) is 36.1 Å². The average Bonchev–Trinajstić information content (AvgIpc) is 3.10. The molecule has 2 atom stereocenters. The number of aromatic amines is 1. The number of likely N-dealkylation sites (tertiary alicyclic amines) is 1. The quantitative estimate of drug-likeness (QED) is 0.890. The Morgan fingerprint density at radius 3 is 3.00 bits per heavy atom. The molecule has 0 unspecified atom stereocenters. The Labute approximate surface area is 135 Å². The molecule has 2 heterocycles. The zero-order valence-corrected chi connectivity index (χ0v) is 13.5. The molecule has 1 saturated heterocycles. The van der Waals surface area contributed by atoms with Gasteiger partial charge in [-0.05, 0) is 25.5 Å². The van der Waals surface area contributed by atoms with Gasteiger partial charge in [0.05, 0.1) is 17.0 Å². The molecule has 3 rings (SSSR count).